The number of halogens is 3. The maximum Gasteiger partial charge on any atom is 0.454 e. The number of carbonyl (C=O) groups excluding carboxylic acids is 1. The summed E-state index contributed by atoms with van der Waals surface area (Å²) in [6.45, 7) is 2.41. The van der Waals surface area contributed by atoms with Gasteiger partial charge >= 0.3 is 6.18 Å². The second kappa shape index (κ2) is 4.66. The molecule has 7 heteroatoms. The van der Waals surface area contributed by atoms with Crippen LogP contribution in [-0.2, 0) is 9.53 Å². The Bertz CT molecular complexity index is 331. The van der Waals surface area contributed by atoms with Gasteiger partial charge in [0.25, 0.3) is 5.78 Å². The lowest BCUT2D eigenvalue weighted by Crippen LogP contribution is -2.35. The molecule has 0 aliphatic carbocycles. The van der Waals surface area contributed by atoms with Gasteiger partial charge in [-0.15, -0.1) is 0 Å². The van der Waals surface area contributed by atoms with E-state index in [9.17, 15) is 18.0 Å². The van der Waals surface area contributed by atoms with Crippen LogP contribution in [0.1, 0.15) is 0 Å². The number of carbonyl (C=O) groups is 1. The van der Waals surface area contributed by atoms with Gasteiger partial charge in [-0.25, -0.2) is 0 Å². The quantitative estimate of drug-likeness (QED) is 0.578. The monoisotopic (exact) mass is 250 g/mol. The fourth-order valence-corrected chi connectivity index (χ4v) is 1.65. The lowest BCUT2D eigenvalue weighted by atomic mass is 10.1. The molecule has 0 saturated carbocycles. The molecule has 0 aromatic carbocycles. The summed E-state index contributed by atoms with van der Waals surface area (Å²) in [5.74, 6) is -1.75. The van der Waals surface area contributed by atoms with E-state index in [4.69, 9.17) is 4.74 Å². The number of nitrogens with one attached hydrogen (secondary N) is 1. The molecule has 0 aromatic rings. The summed E-state index contributed by atoms with van der Waals surface area (Å²) in [5.41, 5.74) is -0.195. The molecule has 0 spiro atoms. The summed E-state index contributed by atoms with van der Waals surface area (Å²) in [4.78, 5) is 12.9. The molecule has 0 radical (unpaired) electrons. The van der Waals surface area contributed by atoms with Crippen molar-refractivity contribution in [3.05, 3.63) is 11.8 Å². The lowest BCUT2D eigenvalue weighted by Gasteiger charge is -2.26. The molecule has 0 aromatic heterocycles. The molecule has 2 saturated heterocycles. The van der Waals surface area contributed by atoms with Crippen molar-refractivity contribution in [2.75, 3.05) is 32.8 Å². The first-order chi connectivity index (χ1) is 7.98. The molecular formula is C10H13F3N2O2. The number of alkyl halides is 3. The molecule has 1 unspecified atom stereocenters. The highest BCUT2D eigenvalue weighted by Gasteiger charge is 2.45. The topological polar surface area (TPSA) is 51.5 Å². The fraction of sp³-hybridized carbons (Fsp3) is 0.700. The summed E-state index contributed by atoms with van der Waals surface area (Å²) >= 11 is 0. The Morgan fingerprint density at radius 1 is 1.35 bits per heavy atom. The minimum atomic E-state index is -4.80. The SMILES string of the molecule is O=C(C(=CN1CCOCC1)C1CN1)C(F)(F)F. The molecule has 2 rings (SSSR count). The van der Waals surface area contributed by atoms with Gasteiger partial charge in [0.05, 0.1) is 19.3 Å². The molecule has 17 heavy (non-hydrogen) atoms. The van der Waals surface area contributed by atoms with E-state index in [0.29, 0.717) is 32.8 Å². The first kappa shape index (κ1) is 12.4. The van der Waals surface area contributed by atoms with Crippen molar-refractivity contribution in [1.29, 1.82) is 0 Å². The third kappa shape index (κ3) is 3.19. The van der Waals surface area contributed by atoms with Crippen LogP contribution in [-0.4, -0.2) is 55.7 Å². The Labute approximate surface area is 96.4 Å². The van der Waals surface area contributed by atoms with Gasteiger partial charge in [0.1, 0.15) is 0 Å². The predicted octanol–water partition coefficient (Wildman–Crippen LogP) is 0.306. The lowest BCUT2D eigenvalue weighted by molar-refractivity contribution is -0.166. The van der Waals surface area contributed by atoms with Crippen LogP contribution in [0.25, 0.3) is 0 Å². The number of ether oxygens (including phenoxy) is 1. The van der Waals surface area contributed by atoms with E-state index >= 15 is 0 Å². The zero-order valence-electron chi connectivity index (χ0n) is 9.09. The van der Waals surface area contributed by atoms with Gasteiger partial charge in [-0.2, -0.15) is 13.2 Å². The van der Waals surface area contributed by atoms with Crippen LogP contribution in [0.4, 0.5) is 13.2 Å². The van der Waals surface area contributed by atoms with Crippen LogP contribution in [0.3, 0.4) is 0 Å². The van der Waals surface area contributed by atoms with Crippen LogP contribution in [0.5, 0.6) is 0 Å². The van der Waals surface area contributed by atoms with Crippen molar-refractivity contribution in [2.24, 2.45) is 0 Å². The number of Topliss-reactive ketones (excluding diaryl/α,β-unsaturated/α-hetero) is 1. The Morgan fingerprint density at radius 3 is 2.41 bits per heavy atom. The average Bonchev–Trinajstić information content (AvgIpc) is 3.09. The Balaban J connectivity index is 2.11. The molecule has 1 N–H and O–H groups in total. The van der Waals surface area contributed by atoms with Gasteiger partial charge in [-0.05, 0) is 0 Å². The van der Waals surface area contributed by atoms with E-state index in [0.717, 1.165) is 0 Å². The molecule has 2 fully saturated rings. The summed E-state index contributed by atoms with van der Waals surface area (Å²) in [6, 6.07) is -0.452. The van der Waals surface area contributed by atoms with Crippen LogP contribution in [0, 0.1) is 0 Å². The van der Waals surface area contributed by atoms with E-state index < -0.39 is 18.0 Å². The van der Waals surface area contributed by atoms with Crippen molar-refractivity contribution >= 4 is 5.78 Å². The number of nitrogens with zero attached hydrogens (tertiary/aromatic N) is 1. The average molecular weight is 250 g/mol. The van der Waals surface area contributed by atoms with Gasteiger partial charge < -0.3 is 15.0 Å². The number of ketones is 1. The molecule has 2 heterocycles. The standard InChI is InChI=1S/C10H13F3N2O2/c11-10(12,13)9(16)7(8-5-14-8)6-15-1-3-17-4-2-15/h6,8,14H,1-5H2. The van der Waals surface area contributed by atoms with E-state index in [1.165, 1.54) is 6.20 Å². The van der Waals surface area contributed by atoms with Crippen LogP contribution in [0.15, 0.2) is 11.8 Å². The van der Waals surface area contributed by atoms with Crippen molar-refractivity contribution in [3.63, 3.8) is 0 Å². The van der Waals surface area contributed by atoms with Crippen molar-refractivity contribution < 1.29 is 22.7 Å². The second-order valence-corrected chi connectivity index (χ2v) is 4.02. The Morgan fingerprint density at radius 2 is 1.94 bits per heavy atom. The molecule has 0 amide bonds. The normalized spacial score (nSPS) is 25.9. The zero-order chi connectivity index (χ0) is 12.5. The van der Waals surface area contributed by atoms with Crippen molar-refractivity contribution in [3.8, 4) is 0 Å². The number of rotatable bonds is 3. The van der Waals surface area contributed by atoms with Crippen molar-refractivity contribution in [1.82, 2.24) is 10.2 Å². The molecular weight excluding hydrogens is 237 g/mol. The van der Waals surface area contributed by atoms with Gasteiger partial charge in [0, 0.05) is 31.4 Å². The minimum Gasteiger partial charge on any atom is -0.378 e. The molecule has 1 atom stereocenters. The number of hydrogen-bond acceptors (Lipinski definition) is 4. The number of morpholine rings is 1. The molecule has 4 nitrogen and oxygen atoms in total. The molecule has 96 valence electrons. The summed E-state index contributed by atoms with van der Waals surface area (Å²) in [6.07, 6.45) is -3.48. The predicted molar refractivity (Wildman–Crippen MR) is 53.3 cm³/mol. The van der Waals surface area contributed by atoms with Gasteiger partial charge in [0.2, 0.25) is 0 Å². The van der Waals surface area contributed by atoms with Crippen LogP contribution >= 0.6 is 0 Å². The highest BCUT2D eigenvalue weighted by atomic mass is 19.4. The smallest absolute Gasteiger partial charge is 0.378 e. The third-order valence-corrected chi connectivity index (χ3v) is 2.67. The zero-order valence-corrected chi connectivity index (χ0v) is 9.09. The maximum absolute atomic E-state index is 12.4. The van der Waals surface area contributed by atoms with E-state index in [-0.39, 0.29) is 5.57 Å². The van der Waals surface area contributed by atoms with E-state index in [1.54, 1.807) is 4.90 Å². The molecule has 2 aliphatic rings. The van der Waals surface area contributed by atoms with Gasteiger partial charge in [-0.1, -0.05) is 0 Å². The Kier molecular flexibility index (Phi) is 3.39. The summed E-state index contributed by atoms with van der Waals surface area (Å²) in [5, 5.41) is 2.73. The first-order valence-electron chi connectivity index (χ1n) is 5.37. The van der Waals surface area contributed by atoms with Gasteiger partial charge in [0.15, 0.2) is 0 Å². The highest BCUT2D eigenvalue weighted by Crippen LogP contribution is 2.25. The largest absolute Gasteiger partial charge is 0.454 e. The Hall–Kier alpha value is -1.08. The second-order valence-electron chi connectivity index (χ2n) is 4.02. The number of hydrogen-bond donors (Lipinski definition) is 1. The minimum absolute atomic E-state index is 0.195. The third-order valence-electron chi connectivity index (χ3n) is 2.67. The van der Waals surface area contributed by atoms with Crippen LogP contribution < -0.4 is 5.32 Å². The first-order valence-corrected chi connectivity index (χ1v) is 5.37. The highest BCUT2D eigenvalue weighted by molar-refractivity contribution is 6.01. The maximum atomic E-state index is 12.4. The van der Waals surface area contributed by atoms with E-state index in [2.05, 4.69) is 5.32 Å². The van der Waals surface area contributed by atoms with Crippen LogP contribution in [0.2, 0.25) is 0 Å². The van der Waals surface area contributed by atoms with Crippen molar-refractivity contribution in [2.45, 2.75) is 12.2 Å². The molecule has 0 bridgehead atoms. The van der Waals surface area contributed by atoms with E-state index in [1.807, 2.05) is 0 Å². The van der Waals surface area contributed by atoms with Gasteiger partial charge in [-0.3, -0.25) is 4.79 Å². The summed E-state index contributed by atoms with van der Waals surface area (Å²) in [7, 11) is 0. The summed E-state index contributed by atoms with van der Waals surface area (Å²) < 4.78 is 42.2. The fourth-order valence-electron chi connectivity index (χ4n) is 1.65. The molecule has 2 aliphatic heterocycles.